The highest BCUT2D eigenvalue weighted by atomic mass is 19.1. The van der Waals surface area contributed by atoms with Crippen molar-refractivity contribution in [3.63, 3.8) is 0 Å². The number of para-hydroxylation sites is 1. The minimum atomic E-state index is -0.246. The fourth-order valence-corrected chi connectivity index (χ4v) is 5.53. The van der Waals surface area contributed by atoms with E-state index in [2.05, 4.69) is 34.9 Å². The lowest BCUT2D eigenvalue weighted by atomic mass is 9.74. The molecule has 2 aromatic carbocycles. The Balaban J connectivity index is 1.26. The van der Waals surface area contributed by atoms with Crippen LogP contribution in [0.1, 0.15) is 25.3 Å². The second-order valence-electron chi connectivity index (χ2n) is 8.91. The Morgan fingerprint density at radius 2 is 2.00 bits per heavy atom. The summed E-state index contributed by atoms with van der Waals surface area (Å²) in [5, 5.41) is 0. The summed E-state index contributed by atoms with van der Waals surface area (Å²) >= 11 is 0. The first kappa shape index (κ1) is 19.4. The van der Waals surface area contributed by atoms with Gasteiger partial charge in [0.05, 0.1) is 24.5 Å². The Morgan fingerprint density at radius 3 is 2.80 bits per heavy atom. The third kappa shape index (κ3) is 3.05. The van der Waals surface area contributed by atoms with Crippen LogP contribution in [0.3, 0.4) is 0 Å². The number of carbonyl (C=O) groups is 1. The predicted octanol–water partition coefficient (Wildman–Crippen LogP) is 3.42. The van der Waals surface area contributed by atoms with Gasteiger partial charge in [-0.15, -0.1) is 0 Å². The highest BCUT2D eigenvalue weighted by molar-refractivity contribution is 6.04. The molecule has 1 saturated heterocycles. The van der Waals surface area contributed by atoms with E-state index in [9.17, 15) is 9.18 Å². The highest BCUT2D eigenvalue weighted by Crippen LogP contribution is 2.53. The lowest BCUT2D eigenvalue weighted by Crippen LogP contribution is -2.57. The monoisotopic (exact) mass is 409 g/mol. The average Bonchev–Trinajstić information content (AvgIpc) is 2.99. The molecule has 2 unspecified atom stereocenters. The van der Waals surface area contributed by atoms with E-state index in [4.69, 9.17) is 4.74 Å². The largest absolute Gasteiger partial charge is 0.494 e. The van der Waals surface area contributed by atoms with Crippen LogP contribution in [0.2, 0.25) is 0 Å². The molecule has 5 rings (SSSR count). The number of likely N-dealkylation sites (N-methyl/N-ethyl adjacent to an activating group) is 1. The molecule has 0 aromatic heterocycles. The molecule has 1 fully saturated rings. The van der Waals surface area contributed by atoms with E-state index in [0.717, 1.165) is 38.2 Å². The third-order valence-electron chi connectivity index (χ3n) is 7.04. The fraction of sp³-hybridized carbons (Fsp3) is 0.458. The maximum atomic E-state index is 13.0. The van der Waals surface area contributed by atoms with E-state index in [-0.39, 0.29) is 17.1 Å². The normalized spacial score (nSPS) is 25.3. The average molecular weight is 410 g/mol. The van der Waals surface area contributed by atoms with Gasteiger partial charge in [-0.3, -0.25) is 4.79 Å². The van der Waals surface area contributed by atoms with Crippen molar-refractivity contribution >= 4 is 17.3 Å². The summed E-state index contributed by atoms with van der Waals surface area (Å²) in [5.41, 5.74) is 3.69. The summed E-state index contributed by atoms with van der Waals surface area (Å²) in [4.78, 5) is 19.2. The zero-order valence-corrected chi connectivity index (χ0v) is 17.6. The van der Waals surface area contributed by atoms with Crippen LogP contribution in [0, 0.1) is 5.82 Å². The molecule has 2 atom stereocenters. The Kier molecular flexibility index (Phi) is 4.69. The number of rotatable bonds is 5. The maximum Gasteiger partial charge on any atom is 0.246 e. The highest BCUT2D eigenvalue weighted by Gasteiger charge is 2.53. The number of hydrogen-bond acceptors (Lipinski definition) is 4. The molecule has 30 heavy (non-hydrogen) atoms. The molecular formula is C24H28FN3O2. The summed E-state index contributed by atoms with van der Waals surface area (Å²) in [5.74, 6) is 0.635. The topological polar surface area (TPSA) is 36.0 Å². The van der Waals surface area contributed by atoms with Gasteiger partial charge in [0.15, 0.2) is 0 Å². The van der Waals surface area contributed by atoms with Gasteiger partial charge in [0.2, 0.25) is 5.91 Å². The van der Waals surface area contributed by atoms with Crippen molar-refractivity contribution in [3.05, 3.63) is 53.8 Å². The molecule has 0 N–H and O–H groups in total. The standard InChI is InChI=1S/C24H28FN3O2/c1-24-16-27(12-4-14-30-18-9-7-17(25)8-10-18)13-11-21(24)28-15-22(29)26(2)20-6-3-5-19(24)23(20)28/h3,5-10,21H,4,11-16H2,1-2H3. The van der Waals surface area contributed by atoms with Crippen molar-refractivity contribution < 1.29 is 13.9 Å². The van der Waals surface area contributed by atoms with Gasteiger partial charge in [0.1, 0.15) is 11.6 Å². The van der Waals surface area contributed by atoms with E-state index >= 15 is 0 Å². The van der Waals surface area contributed by atoms with E-state index in [0.29, 0.717) is 24.9 Å². The number of carbonyl (C=O) groups excluding carboxylic acids is 1. The molecule has 3 heterocycles. The number of ether oxygens (including phenoxy) is 1. The zero-order valence-electron chi connectivity index (χ0n) is 17.6. The van der Waals surface area contributed by atoms with Crippen molar-refractivity contribution in [1.82, 2.24) is 4.90 Å². The van der Waals surface area contributed by atoms with Gasteiger partial charge in [0, 0.05) is 38.1 Å². The Labute approximate surface area is 177 Å². The van der Waals surface area contributed by atoms with Gasteiger partial charge in [-0.1, -0.05) is 19.1 Å². The molecule has 6 heteroatoms. The van der Waals surface area contributed by atoms with E-state index in [1.54, 1.807) is 17.0 Å². The van der Waals surface area contributed by atoms with Crippen LogP contribution >= 0.6 is 0 Å². The Hall–Kier alpha value is -2.60. The molecule has 2 aromatic rings. The first-order valence-electron chi connectivity index (χ1n) is 10.7. The number of nitrogens with zero attached hydrogens (tertiary/aromatic N) is 3. The van der Waals surface area contributed by atoms with Crippen molar-refractivity contribution in [2.24, 2.45) is 0 Å². The van der Waals surface area contributed by atoms with Crippen LogP contribution in [0.15, 0.2) is 42.5 Å². The first-order valence-corrected chi connectivity index (χ1v) is 10.7. The smallest absolute Gasteiger partial charge is 0.246 e. The van der Waals surface area contributed by atoms with Gasteiger partial charge in [0.25, 0.3) is 0 Å². The van der Waals surface area contributed by atoms with E-state index in [1.807, 2.05) is 7.05 Å². The van der Waals surface area contributed by atoms with Gasteiger partial charge >= 0.3 is 0 Å². The maximum absolute atomic E-state index is 13.0. The minimum absolute atomic E-state index is 0.0207. The molecule has 3 aliphatic heterocycles. The number of benzene rings is 2. The number of likely N-dealkylation sites (tertiary alicyclic amines) is 1. The molecule has 0 radical (unpaired) electrons. The van der Waals surface area contributed by atoms with Crippen molar-refractivity contribution in [3.8, 4) is 5.75 Å². The van der Waals surface area contributed by atoms with Crippen molar-refractivity contribution in [2.75, 3.05) is 49.6 Å². The molecule has 0 saturated carbocycles. The number of amides is 1. The fourth-order valence-electron chi connectivity index (χ4n) is 5.53. The van der Waals surface area contributed by atoms with E-state index in [1.165, 1.54) is 23.4 Å². The molecule has 0 aliphatic carbocycles. The van der Waals surface area contributed by atoms with Gasteiger partial charge in [-0.25, -0.2) is 4.39 Å². The summed E-state index contributed by atoms with van der Waals surface area (Å²) in [7, 11) is 1.88. The minimum Gasteiger partial charge on any atom is -0.494 e. The zero-order chi connectivity index (χ0) is 20.9. The SMILES string of the molecule is CN1C(=O)CN2c3c1cccc3C1(C)CN(CCCOc3ccc(F)cc3)CCC21. The number of fused-ring (bicyclic) bond motifs is 3. The number of piperidine rings is 1. The summed E-state index contributed by atoms with van der Waals surface area (Å²) in [6, 6.07) is 13.0. The third-order valence-corrected chi connectivity index (χ3v) is 7.04. The molecule has 0 spiro atoms. The van der Waals surface area contributed by atoms with Gasteiger partial charge in [-0.2, -0.15) is 0 Å². The number of hydrogen-bond donors (Lipinski definition) is 0. The first-order chi connectivity index (χ1) is 14.5. The van der Waals surface area contributed by atoms with Crippen LogP contribution in [0.25, 0.3) is 0 Å². The molecule has 5 nitrogen and oxygen atoms in total. The Bertz CT molecular complexity index is 963. The summed E-state index contributed by atoms with van der Waals surface area (Å²) in [6.45, 7) is 6.44. The molecule has 3 aliphatic rings. The summed E-state index contributed by atoms with van der Waals surface area (Å²) in [6.07, 6.45) is 1.98. The lowest BCUT2D eigenvalue weighted by molar-refractivity contribution is -0.117. The molecular weight excluding hydrogens is 381 g/mol. The van der Waals surface area contributed by atoms with Crippen molar-refractivity contribution in [1.29, 1.82) is 0 Å². The molecule has 0 bridgehead atoms. The van der Waals surface area contributed by atoms with Gasteiger partial charge < -0.3 is 19.4 Å². The number of halogens is 1. The molecule has 1 amide bonds. The van der Waals surface area contributed by atoms with Crippen LogP contribution in [0.5, 0.6) is 5.75 Å². The number of anilines is 2. The molecule has 158 valence electrons. The predicted molar refractivity (Wildman–Crippen MR) is 116 cm³/mol. The lowest BCUT2D eigenvalue weighted by Gasteiger charge is -2.46. The Morgan fingerprint density at radius 1 is 1.20 bits per heavy atom. The summed E-state index contributed by atoms with van der Waals surface area (Å²) < 4.78 is 18.8. The van der Waals surface area contributed by atoms with Crippen LogP contribution < -0.4 is 14.5 Å². The quantitative estimate of drug-likeness (QED) is 0.709. The van der Waals surface area contributed by atoms with Gasteiger partial charge in [-0.05, 0) is 48.7 Å². The second kappa shape index (κ2) is 7.27. The van der Waals surface area contributed by atoms with Crippen LogP contribution in [-0.2, 0) is 10.2 Å². The van der Waals surface area contributed by atoms with E-state index < -0.39 is 0 Å². The second-order valence-corrected chi connectivity index (χ2v) is 8.91. The van der Waals surface area contributed by atoms with Crippen molar-refractivity contribution in [2.45, 2.75) is 31.2 Å². The van der Waals surface area contributed by atoms with Crippen LogP contribution in [-0.4, -0.2) is 56.7 Å². The van der Waals surface area contributed by atoms with Crippen LogP contribution in [0.4, 0.5) is 15.8 Å².